The molecule has 2 aliphatic heterocycles. The molecule has 0 aromatic heterocycles. The first-order chi connectivity index (χ1) is 11.2. The van der Waals surface area contributed by atoms with Crippen LogP contribution in [0, 0.1) is 12.3 Å². The third-order valence-electron chi connectivity index (χ3n) is 4.87. The van der Waals surface area contributed by atoms with Gasteiger partial charge in [-0.3, -0.25) is 4.99 Å². The number of rotatable bonds is 4. The fourth-order valence-corrected chi connectivity index (χ4v) is 3.46. The smallest absolute Gasteiger partial charge is 0.193 e. The van der Waals surface area contributed by atoms with Gasteiger partial charge in [-0.25, -0.2) is 0 Å². The van der Waals surface area contributed by atoms with Crippen LogP contribution in [0.25, 0.3) is 0 Å². The van der Waals surface area contributed by atoms with Gasteiger partial charge in [0.1, 0.15) is 12.4 Å². The molecular formula is C18H28IN3O2. The molecule has 5 nitrogen and oxygen atoms in total. The monoisotopic (exact) mass is 445 g/mol. The highest BCUT2D eigenvalue weighted by Crippen LogP contribution is 2.38. The van der Waals surface area contributed by atoms with Crippen LogP contribution in [-0.2, 0) is 4.74 Å². The van der Waals surface area contributed by atoms with E-state index in [1.54, 1.807) is 0 Å². The first-order valence-electron chi connectivity index (χ1n) is 8.44. The lowest BCUT2D eigenvalue weighted by atomic mass is 9.87. The van der Waals surface area contributed by atoms with E-state index in [1.807, 2.05) is 25.2 Å². The maximum atomic E-state index is 5.83. The predicted molar refractivity (Wildman–Crippen MR) is 108 cm³/mol. The second-order valence-electron chi connectivity index (χ2n) is 6.56. The molecule has 24 heavy (non-hydrogen) atoms. The van der Waals surface area contributed by atoms with Crippen molar-refractivity contribution in [3.63, 3.8) is 0 Å². The molecule has 3 rings (SSSR count). The number of para-hydroxylation sites is 1. The van der Waals surface area contributed by atoms with Crippen molar-refractivity contribution in [2.75, 3.05) is 46.5 Å². The van der Waals surface area contributed by atoms with Crippen molar-refractivity contribution < 1.29 is 9.47 Å². The predicted octanol–water partition coefficient (Wildman–Crippen LogP) is 2.68. The number of halogens is 1. The molecule has 1 N–H and O–H groups in total. The van der Waals surface area contributed by atoms with Crippen molar-refractivity contribution in [3.8, 4) is 5.75 Å². The lowest BCUT2D eigenvalue weighted by molar-refractivity contribution is 0.156. The van der Waals surface area contributed by atoms with E-state index in [2.05, 4.69) is 28.2 Å². The van der Waals surface area contributed by atoms with Crippen LogP contribution in [-0.4, -0.2) is 57.4 Å². The molecule has 1 aromatic carbocycles. The molecule has 1 atom stereocenters. The van der Waals surface area contributed by atoms with E-state index in [4.69, 9.17) is 9.47 Å². The van der Waals surface area contributed by atoms with Crippen LogP contribution in [0.5, 0.6) is 5.75 Å². The van der Waals surface area contributed by atoms with Crippen molar-refractivity contribution in [1.29, 1.82) is 0 Å². The summed E-state index contributed by atoms with van der Waals surface area (Å²) in [6.07, 6.45) is 2.38. The zero-order valence-electron chi connectivity index (χ0n) is 14.6. The summed E-state index contributed by atoms with van der Waals surface area (Å²) in [5.74, 6) is 1.93. The van der Waals surface area contributed by atoms with Gasteiger partial charge in [0.05, 0.1) is 13.2 Å². The summed E-state index contributed by atoms with van der Waals surface area (Å²) in [6.45, 7) is 7.36. The van der Waals surface area contributed by atoms with Gasteiger partial charge >= 0.3 is 0 Å². The van der Waals surface area contributed by atoms with Gasteiger partial charge in [-0.1, -0.05) is 18.2 Å². The van der Waals surface area contributed by atoms with Crippen LogP contribution in [0.2, 0.25) is 0 Å². The summed E-state index contributed by atoms with van der Waals surface area (Å²) in [5.41, 5.74) is 1.52. The Labute approximate surface area is 161 Å². The Hall–Kier alpha value is -1.02. The molecule has 6 heteroatoms. The number of ether oxygens (including phenoxy) is 2. The second kappa shape index (κ2) is 8.89. The van der Waals surface area contributed by atoms with Gasteiger partial charge in [0.15, 0.2) is 5.96 Å². The minimum absolute atomic E-state index is 0. The summed E-state index contributed by atoms with van der Waals surface area (Å²) in [4.78, 5) is 6.77. The van der Waals surface area contributed by atoms with E-state index in [1.165, 1.54) is 18.4 Å². The average molecular weight is 445 g/mol. The Morgan fingerprint density at radius 1 is 1.38 bits per heavy atom. The van der Waals surface area contributed by atoms with E-state index < -0.39 is 0 Å². The van der Waals surface area contributed by atoms with Crippen molar-refractivity contribution in [2.45, 2.75) is 19.8 Å². The number of hydrogen-bond acceptors (Lipinski definition) is 3. The maximum absolute atomic E-state index is 5.83. The molecule has 1 aromatic rings. The Morgan fingerprint density at radius 3 is 2.92 bits per heavy atom. The van der Waals surface area contributed by atoms with Crippen molar-refractivity contribution in [2.24, 2.45) is 10.4 Å². The van der Waals surface area contributed by atoms with E-state index in [0.29, 0.717) is 12.0 Å². The molecule has 2 fully saturated rings. The Morgan fingerprint density at radius 2 is 2.21 bits per heavy atom. The van der Waals surface area contributed by atoms with Crippen LogP contribution < -0.4 is 10.1 Å². The number of nitrogens with zero attached hydrogens (tertiary/aromatic N) is 2. The van der Waals surface area contributed by atoms with E-state index >= 15 is 0 Å². The highest BCUT2D eigenvalue weighted by Gasteiger charge is 2.42. The number of aryl methyl sites for hydroxylation is 1. The largest absolute Gasteiger partial charge is 0.491 e. The average Bonchev–Trinajstić information content (AvgIpc) is 3.20. The molecule has 0 saturated carbocycles. The maximum Gasteiger partial charge on any atom is 0.193 e. The lowest BCUT2D eigenvalue weighted by Gasteiger charge is -2.25. The summed E-state index contributed by atoms with van der Waals surface area (Å²) < 4.78 is 11.4. The van der Waals surface area contributed by atoms with Gasteiger partial charge in [0.2, 0.25) is 0 Å². The minimum atomic E-state index is 0. The van der Waals surface area contributed by atoms with Crippen molar-refractivity contribution in [3.05, 3.63) is 29.8 Å². The topological polar surface area (TPSA) is 46.1 Å². The SMILES string of the molecule is CN=C(NCCOc1ccccc1C)N1CCC2(CCOC2)C1.I. The van der Waals surface area contributed by atoms with Gasteiger partial charge in [0, 0.05) is 32.2 Å². The van der Waals surface area contributed by atoms with Gasteiger partial charge in [-0.15, -0.1) is 24.0 Å². The van der Waals surface area contributed by atoms with E-state index in [0.717, 1.165) is 44.6 Å². The number of guanidine groups is 1. The van der Waals surface area contributed by atoms with Crippen LogP contribution >= 0.6 is 24.0 Å². The fraction of sp³-hybridized carbons (Fsp3) is 0.611. The van der Waals surface area contributed by atoms with Gasteiger partial charge < -0.3 is 19.7 Å². The number of hydrogen-bond donors (Lipinski definition) is 1. The first-order valence-corrected chi connectivity index (χ1v) is 8.44. The van der Waals surface area contributed by atoms with E-state index in [9.17, 15) is 0 Å². The van der Waals surface area contributed by atoms with Gasteiger partial charge in [0.25, 0.3) is 0 Å². The number of nitrogens with one attached hydrogen (secondary N) is 1. The molecule has 0 amide bonds. The number of aliphatic imine (C=N–C) groups is 1. The highest BCUT2D eigenvalue weighted by atomic mass is 127. The van der Waals surface area contributed by atoms with Crippen molar-refractivity contribution in [1.82, 2.24) is 10.2 Å². The standard InChI is InChI=1S/C18H27N3O2.HI/c1-15-5-3-4-6-16(15)23-12-9-20-17(19-2)21-10-7-18(13-21)8-11-22-14-18;/h3-6H,7-14H2,1-2H3,(H,19,20);1H. The summed E-state index contributed by atoms with van der Waals surface area (Å²) in [5, 5.41) is 3.42. The first kappa shape index (κ1) is 19.3. The molecular weight excluding hydrogens is 417 g/mol. The molecule has 2 aliphatic rings. The number of benzene rings is 1. The van der Waals surface area contributed by atoms with Crippen LogP contribution in [0.15, 0.2) is 29.3 Å². The molecule has 0 radical (unpaired) electrons. The fourth-order valence-electron chi connectivity index (χ4n) is 3.46. The molecule has 0 bridgehead atoms. The van der Waals surface area contributed by atoms with Crippen molar-refractivity contribution >= 4 is 29.9 Å². The van der Waals surface area contributed by atoms with Gasteiger partial charge in [-0.2, -0.15) is 0 Å². The summed E-state index contributed by atoms with van der Waals surface area (Å²) in [7, 11) is 1.85. The molecule has 134 valence electrons. The quantitative estimate of drug-likeness (QED) is 0.335. The minimum Gasteiger partial charge on any atom is -0.491 e. The van der Waals surface area contributed by atoms with Crippen LogP contribution in [0.1, 0.15) is 18.4 Å². The van der Waals surface area contributed by atoms with Crippen LogP contribution in [0.4, 0.5) is 0 Å². The molecule has 2 heterocycles. The normalized spacial score (nSPS) is 23.4. The Balaban J connectivity index is 0.00000208. The highest BCUT2D eigenvalue weighted by molar-refractivity contribution is 14.0. The third-order valence-corrected chi connectivity index (χ3v) is 4.87. The molecule has 1 spiro atoms. The summed E-state index contributed by atoms with van der Waals surface area (Å²) >= 11 is 0. The molecule has 1 unspecified atom stereocenters. The number of likely N-dealkylation sites (tertiary alicyclic amines) is 1. The second-order valence-corrected chi connectivity index (χ2v) is 6.56. The zero-order valence-corrected chi connectivity index (χ0v) is 16.9. The van der Waals surface area contributed by atoms with Crippen LogP contribution in [0.3, 0.4) is 0 Å². The third kappa shape index (κ3) is 4.53. The molecule has 2 saturated heterocycles. The molecule has 0 aliphatic carbocycles. The Bertz CT molecular complexity index is 559. The lowest BCUT2D eigenvalue weighted by Crippen LogP contribution is -2.42. The van der Waals surface area contributed by atoms with E-state index in [-0.39, 0.29) is 24.0 Å². The zero-order chi connectivity index (χ0) is 16.1. The Kier molecular flexibility index (Phi) is 7.16. The summed E-state index contributed by atoms with van der Waals surface area (Å²) in [6, 6.07) is 8.10. The van der Waals surface area contributed by atoms with Gasteiger partial charge in [-0.05, 0) is 31.4 Å².